The molecule has 2 aliphatic rings. The summed E-state index contributed by atoms with van der Waals surface area (Å²) in [6.45, 7) is 2.58. The minimum atomic E-state index is -0.699. The molecule has 0 amide bonds. The number of methoxy groups -OCH3 is 1. The fourth-order valence-electron chi connectivity index (χ4n) is 4.60. The van der Waals surface area contributed by atoms with Crippen molar-refractivity contribution in [3.63, 3.8) is 0 Å². The Hall–Kier alpha value is -1.86. The molecule has 2 aromatic rings. The van der Waals surface area contributed by atoms with Crippen LogP contribution < -0.4 is 4.74 Å². The quantitative estimate of drug-likeness (QED) is 0.574. The number of benzene rings is 1. The first-order chi connectivity index (χ1) is 15.0. The molecule has 2 fully saturated rings. The van der Waals surface area contributed by atoms with Gasteiger partial charge >= 0.3 is 5.97 Å². The predicted molar refractivity (Wildman–Crippen MR) is 122 cm³/mol. The summed E-state index contributed by atoms with van der Waals surface area (Å²) in [7, 11) is 1.59. The van der Waals surface area contributed by atoms with Gasteiger partial charge in [-0.25, -0.2) is 4.39 Å². The molecular weight excluding hydrogens is 415 g/mol. The van der Waals surface area contributed by atoms with Gasteiger partial charge in [0.15, 0.2) is 0 Å². The molecule has 1 N–H and O–H groups in total. The number of aromatic nitrogens is 1. The molecule has 1 aromatic heterocycles. The molecule has 0 radical (unpaired) electrons. The second kappa shape index (κ2) is 10.2. The van der Waals surface area contributed by atoms with Crippen LogP contribution in [0.3, 0.4) is 0 Å². The second-order valence-corrected chi connectivity index (χ2v) is 10.1. The third-order valence-corrected chi connectivity index (χ3v) is 7.94. The van der Waals surface area contributed by atoms with Crippen molar-refractivity contribution in [1.82, 2.24) is 9.88 Å². The number of aryl methyl sites for hydroxylation is 1. The molecule has 1 aliphatic carbocycles. The Bertz CT molecular complexity index is 921. The van der Waals surface area contributed by atoms with E-state index in [0.717, 1.165) is 54.3 Å². The molecular formula is C24H31FN2O3S. The van der Waals surface area contributed by atoms with Crippen molar-refractivity contribution in [1.29, 1.82) is 0 Å². The van der Waals surface area contributed by atoms with E-state index in [2.05, 4.69) is 9.88 Å². The summed E-state index contributed by atoms with van der Waals surface area (Å²) in [5.74, 6) is 0.585. The van der Waals surface area contributed by atoms with Crippen molar-refractivity contribution in [2.75, 3.05) is 32.5 Å². The highest BCUT2D eigenvalue weighted by Gasteiger charge is 2.34. The fourth-order valence-corrected chi connectivity index (χ4v) is 5.77. The van der Waals surface area contributed by atoms with E-state index in [1.54, 1.807) is 7.11 Å². The van der Waals surface area contributed by atoms with Crippen molar-refractivity contribution in [3.8, 4) is 5.75 Å². The lowest BCUT2D eigenvalue weighted by Gasteiger charge is -2.36. The molecule has 0 bridgehead atoms. The average molecular weight is 447 g/mol. The molecule has 1 saturated carbocycles. The van der Waals surface area contributed by atoms with Crippen molar-refractivity contribution in [3.05, 3.63) is 35.8 Å². The monoisotopic (exact) mass is 446 g/mol. The Kier molecular flexibility index (Phi) is 7.33. The third kappa shape index (κ3) is 5.69. The number of hydrogen-bond donors (Lipinski definition) is 1. The van der Waals surface area contributed by atoms with Crippen LogP contribution >= 0.6 is 11.8 Å². The maximum absolute atomic E-state index is 14.6. The van der Waals surface area contributed by atoms with Crippen LogP contribution in [-0.2, 0) is 11.2 Å². The molecule has 1 aliphatic heterocycles. The molecule has 0 spiro atoms. The highest BCUT2D eigenvalue weighted by molar-refractivity contribution is 8.00. The van der Waals surface area contributed by atoms with Crippen LogP contribution in [0.5, 0.6) is 5.75 Å². The van der Waals surface area contributed by atoms with E-state index >= 15 is 0 Å². The molecule has 5 nitrogen and oxygen atoms in total. The lowest BCUT2D eigenvalue weighted by Crippen LogP contribution is -2.44. The molecule has 2 heterocycles. The molecule has 1 saturated heterocycles. The normalized spacial score (nSPS) is 22.0. The zero-order valence-corrected chi connectivity index (χ0v) is 18.9. The average Bonchev–Trinajstić information content (AvgIpc) is 3.60. The number of carboxylic acids is 1. The summed E-state index contributed by atoms with van der Waals surface area (Å²) >= 11 is 2.02. The van der Waals surface area contributed by atoms with Gasteiger partial charge in [-0.3, -0.25) is 9.78 Å². The summed E-state index contributed by atoms with van der Waals surface area (Å²) in [6.07, 6.45) is 6.99. The molecule has 2 atom stereocenters. The first-order valence-electron chi connectivity index (χ1n) is 11.2. The van der Waals surface area contributed by atoms with E-state index in [0.29, 0.717) is 24.3 Å². The van der Waals surface area contributed by atoms with E-state index in [1.807, 2.05) is 30.0 Å². The van der Waals surface area contributed by atoms with Gasteiger partial charge in [-0.2, -0.15) is 11.8 Å². The Balaban J connectivity index is 1.35. The van der Waals surface area contributed by atoms with Gasteiger partial charge in [0.2, 0.25) is 0 Å². The highest BCUT2D eigenvalue weighted by atomic mass is 32.2. The number of likely N-dealkylation sites (tertiary alicyclic amines) is 1. The van der Waals surface area contributed by atoms with E-state index in [1.165, 1.54) is 19.0 Å². The van der Waals surface area contributed by atoms with Crippen LogP contribution in [0.25, 0.3) is 10.9 Å². The van der Waals surface area contributed by atoms with Crippen LogP contribution in [0.2, 0.25) is 0 Å². The Morgan fingerprint density at radius 2 is 2.19 bits per heavy atom. The maximum atomic E-state index is 14.6. The van der Waals surface area contributed by atoms with Crippen molar-refractivity contribution in [2.45, 2.75) is 43.8 Å². The minimum Gasteiger partial charge on any atom is -0.497 e. The zero-order valence-electron chi connectivity index (χ0n) is 18.1. The zero-order chi connectivity index (χ0) is 21.8. The van der Waals surface area contributed by atoms with Crippen LogP contribution in [-0.4, -0.2) is 58.7 Å². The summed E-state index contributed by atoms with van der Waals surface area (Å²) < 4.78 is 19.8. The van der Waals surface area contributed by atoms with E-state index < -0.39 is 5.97 Å². The first-order valence-corrected chi connectivity index (χ1v) is 12.3. The van der Waals surface area contributed by atoms with Gasteiger partial charge in [-0.05, 0) is 74.8 Å². The van der Waals surface area contributed by atoms with Gasteiger partial charge in [0.1, 0.15) is 11.6 Å². The Morgan fingerprint density at radius 3 is 2.94 bits per heavy atom. The van der Waals surface area contributed by atoms with Crippen molar-refractivity contribution >= 4 is 28.6 Å². The number of fused-ring (bicyclic) bond motifs is 1. The van der Waals surface area contributed by atoms with E-state index in [-0.39, 0.29) is 17.7 Å². The lowest BCUT2D eigenvalue weighted by atomic mass is 9.81. The molecule has 2 unspecified atom stereocenters. The first kappa shape index (κ1) is 22.3. The number of ether oxygens (including phenoxy) is 1. The summed E-state index contributed by atoms with van der Waals surface area (Å²) in [6, 6.07) is 5.50. The van der Waals surface area contributed by atoms with Crippen molar-refractivity contribution < 1.29 is 19.0 Å². The minimum absolute atomic E-state index is 0.149. The number of halogens is 1. The number of aliphatic carboxylic acids is 1. The highest BCUT2D eigenvalue weighted by Crippen LogP contribution is 2.35. The topological polar surface area (TPSA) is 62.7 Å². The summed E-state index contributed by atoms with van der Waals surface area (Å²) in [4.78, 5) is 18.4. The number of carbonyl (C=O) groups is 1. The number of pyridine rings is 1. The number of thioether (sulfide) groups is 1. The van der Waals surface area contributed by atoms with Crippen LogP contribution in [0.1, 0.15) is 37.7 Å². The van der Waals surface area contributed by atoms with Gasteiger partial charge in [-0.15, -0.1) is 0 Å². The molecule has 31 heavy (non-hydrogen) atoms. The van der Waals surface area contributed by atoms with E-state index in [4.69, 9.17) is 4.74 Å². The van der Waals surface area contributed by atoms with Gasteiger partial charge in [0, 0.05) is 29.5 Å². The predicted octanol–water partition coefficient (Wildman–Crippen LogP) is 4.62. The Labute approximate surface area is 187 Å². The number of rotatable bonds is 10. The van der Waals surface area contributed by atoms with E-state index in [9.17, 15) is 14.3 Å². The molecule has 4 rings (SSSR count). The number of carboxylic acid groups (broad SMARTS) is 1. The Morgan fingerprint density at radius 1 is 1.35 bits per heavy atom. The lowest BCUT2D eigenvalue weighted by molar-refractivity contribution is -0.146. The van der Waals surface area contributed by atoms with Crippen LogP contribution in [0.15, 0.2) is 24.4 Å². The molecule has 7 heteroatoms. The fraction of sp³-hybridized carbons (Fsp3) is 0.583. The molecule has 1 aromatic carbocycles. The van der Waals surface area contributed by atoms with Crippen LogP contribution in [0.4, 0.5) is 4.39 Å². The SMILES string of the molecule is COc1ccc2ncc(F)c(CCCC3CCN(CCSC4CC4)CC3C(=O)O)c2c1. The number of nitrogens with zero attached hydrogens (tertiary/aromatic N) is 2. The summed E-state index contributed by atoms with van der Waals surface area (Å²) in [5.41, 5.74) is 1.39. The maximum Gasteiger partial charge on any atom is 0.308 e. The van der Waals surface area contributed by atoms with Crippen LogP contribution in [0, 0.1) is 17.7 Å². The number of piperidine rings is 1. The standard InChI is InChI=1S/C24H31FN2O3S/c1-30-17-5-8-23-20(13-17)19(22(25)14-26-23)4-2-3-16-9-10-27(15-21(16)24(28)29)11-12-31-18-6-7-18/h5,8,13-14,16,18,21H,2-4,6-7,9-12,15H2,1H3,(H,28,29). The third-order valence-electron chi connectivity index (χ3n) is 6.58. The summed E-state index contributed by atoms with van der Waals surface area (Å²) in [5, 5.41) is 11.4. The van der Waals surface area contributed by atoms with Crippen molar-refractivity contribution in [2.24, 2.45) is 11.8 Å². The smallest absolute Gasteiger partial charge is 0.308 e. The van der Waals surface area contributed by atoms with Gasteiger partial charge in [-0.1, -0.05) is 0 Å². The molecule has 168 valence electrons. The van der Waals surface area contributed by atoms with Gasteiger partial charge in [0.25, 0.3) is 0 Å². The van der Waals surface area contributed by atoms with Gasteiger partial charge in [0.05, 0.1) is 24.7 Å². The number of hydrogen-bond acceptors (Lipinski definition) is 5. The second-order valence-electron chi connectivity index (χ2n) is 8.72. The largest absolute Gasteiger partial charge is 0.497 e. The van der Waals surface area contributed by atoms with Gasteiger partial charge < -0.3 is 14.7 Å².